The van der Waals surface area contributed by atoms with Crippen LogP contribution in [0, 0.1) is 5.82 Å². The van der Waals surface area contributed by atoms with E-state index in [1.54, 1.807) is 0 Å². The summed E-state index contributed by atoms with van der Waals surface area (Å²) >= 11 is 0. The van der Waals surface area contributed by atoms with Crippen LogP contribution in [0.3, 0.4) is 0 Å². The summed E-state index contributed by atoms with van der Waals surface area (Å²) in [4.78, 5) is 2.09. The van der Waals surface area contributed by atoms with Gasteiger partial charge in [-0.05, 0) is 44.9 Å². The van der Waals surface area contributed by atoms with Gasteiger partial charge in [0.05, 0.1) is 5.56 Å². The molecule has 1 saturated carbocycles. The zero-order valence-corrected chi connectivity index (χ0v) is 15.8. The first-order chi connectivity index (χ1) is 10.7. The Morgan fingerprint density at radius 3 is 2.36 bits per heavy atom. The van der Waals surface area contributed by atoms with Crippen LogP contribution in [0.25, 0.3) is 0 Å². The van der Waals surface area contributed by atoms with E-state index in [9.17, 15) is 17.6 Å². The SMILES string of the molecule is CC1(C)CN(c2ccc(C(F)(F)F)c(F)c2)[C@@H]2CCCC[C@H]2N1.Cl.Cl. The molecule has 8 heteroatoms. The molecule has 1 heterocycles. The largest absolute Gasteiger partial charge is 0.419 e. The molecule has 1 aromatic carbocycles. The standard InChI is InChI=1S/C17H22F4N2.2ClH/c1-16(2)10-23(15-6-4-3-5-14(15)22-16)11-7-8-12(13(18)9-11)17(19,20)21;;/h7-9,14-15,22H,3-6,10H2,1-2H3;2*1H/t14-,15-;;/m1../s1. The summed E-state index contributed by atoms with van der Waals surface area (Å²) in [6.45, 7) is 4.80. The Balaban J connectivity index is 0.00000156. The number of fused-ring (bicyclic) bond motifs is 1. The van der Waals surface area contributed by atoms with Crippen molar-refractivity contribution in [1.29, 1.82) is 0 Å². The van der Waals surface area contributed by atoms with Gasteiger partial charge in [0.25, 0.3) is 0 Å². The molecule has 2 nitrogen and oxygen atoms in total. The lowest BCUT2D eigenvalue weighted by Gasteiger charge is -2.52. The van der Waals surface area contributed by atoms with E-state index in [1.165, 1.54) is 6.07 Å². The van der Waals surface area contributed by atoms with Crippen LogP contribution in [-0.4, -0.2) is 24.2 Å². The first-order valence-electron chi connectivity index (χ1n) is 8.08. The molecule has 3 rings (SSSR count). The number of nitrogens with zero attached hydrogens (tertiary/aromatic N) is 1. The molecule has 1 aromatic rings. The van der Waals surface area contributed by atoms with E-state index in [2.05, 4.69) is 24.1 Å². The van der Waals surface area contributed by atoms with Gasteiger partial charge in [-0.2, -0.15) is 13.2 Å². The fourth-order valence-electron chi connectivity index (χ4n) is 3.94. The van der Waals surface area contributed by atoms with E-state index >= 15 is 0 Å². The first kappa shape index (κ1) is 22.3. The molecule has 1 aliphatic heterocycles. The fraction of sp³-hybridized carbons (Fsp3) is 0.647. The van der Waals surface area contributed by atoms with Crippen molar-refractivity contribution in [2.45, 2.75) is 63.3 Å². The van der Waals surface area contributed by atoms with Crippen LogP contribution >= 0.6 is 24.8 Å². The molecule has 2 fully saturated rings. The molecule has 1 saturated heterocycles. The number of halogens is 6. The average molecular weight is 403 g/mol. The Kier molecular flexibility index (Phi) is 7.04. The zero-order valence-electron chi connectivity index (χ0n) is 14.2. The van der Waals surface area contributed by atoms with Crippen molar-refractivity contribution in [2.24, 2.45) is 0 Å². The lowest BCUT2D eigenvalue weighted by Crippen LogP contribution is -2.67. The van der Waals surface area contributed by atoms with Crippen molar-refractivity contribution >= 4 is 30.5 Å². The second-order valence-electron chi connectivity index (χ2n) is 7.28. The fourth-order valence-corrected chi connectivity index (χ4v) is 3.94. The quantitative estimate of drug-likeness (QED) is 0.650. The Morgan fingerprint density at radius 2 is 1.76 bits per heavy atom. The third-order valence-electron chi connectivity index (χ3n) is 4.86. The molecule has 1 N–H and O–H groups in total. The van der Waals surface area contributed by atoms with Gasteiger partial charge in [0.1, 0.15) is 5.82 Å². The molecule has 0 bridgehead atoms. The number of rotatable bonds is 1. The highest BCUT2D eigenvalue weighted by Gasteiger charge is 2.41. The number of hydrogen-bond donors (Lipinski definition) is 1. The minimum absolute atomic E-state index is 0. The summed E-state index contributed by atoms with van der Waals surface area (Å²) < 4.78 is 52.2. The molecule has 2 aliphatic rings. The molecule has 0 spiro atoms. The van der Waals surface area contributed by atoms with E-state index in [0.717, 1.165) is 37.8 Å². The Morgan fingerprint density at radius 1 is 1.12 bits per heavy atom. The van der Waals surface area contributed by atoms with Gasteiger partial charge in [0.15, 0.2) is 0 Å². The molecular weight excluding hydrogens is 379 g/mol. The van der Waals surface area contributed by atoms with Crippen molar-refractivity contribution < 1.29 is 17.6 Å². The summed E-state index contributed by atoms with van der Waals surface area (Å²) in [5, 5.41) is 3.63. The molecule has 2 atom stereocenters. The predicted octanol–water partition coefficient (Wildman–Crippen LogP) is 5.19. The van der Waals surface area contributed by atoms with Crippen molar-refractivity contribution in [3.05, 3.63) is 29.6 Å². The maximum Gasteiger partial charge on any atom is 0.419 e. The van der Waals surface area contributed by atoms with Gasteiger partial charge in [0, 0.05) is 29.9 Å². The van der Waals surface area contributed by atoms with Gasteiger partial charge in [0.2, 0.25) is 0 Å². The number of nitrogens with one attached hydrogen (secondary N) is 1. The van der Waals surface area contributed by atoms with E-state index in [-0.39, 0.29) is 36.4 Å². The highest BCUT2D eigenvalue weighted by molar-refractivity contribution is 5.85. The van der Waals surface area contributed by atoms with Crippen LogP contribution in [0.15, 0.2) is 18.2 Å². The molecule has 1 aliphatic carbocycles. The molecule has 0 unspecified atom stereocenters. The maximum absolute atomic E-state index is 14.0. The van der Waals surface area contributed by atoms with E-state index < -0.39 is 17.6 Å². The number of hydrogen-bond acceptors (Lipinski definition) is 2. The van der Waals surface area contributed by atoms with Crippen molar-refractivity contribution in [1.82, 2.24) is 5.32 Å². The summed E-state index contributed by atoms with van der Waals surface area (Å²) in [5.41, 5.74) is -0.810. The van der Waals surface area contributed by atoms with Gasteiger partial charge in [-0.1, -0.05) is 12.8 Å². The number of alkyl halides is 3. The lowest BCUT2D eigenvalue weighted by molar-refractivity contribution is -0.139. The Hall–Kier alpha value is -0.720. The lowest BCUT2D eigenvalue weighted by atomic mass is 9.83. The minimum atomic E-state index is -4.65. The van der Waals surface area contributed by atoms with Gasteiger partial charge >= 0.3 is 6.18 Å². The summed E-state index contributed by atoms with van der Waals surface area (Å²) in [5.74, 6) is -1.20. The van der Waals surface area contributed by atoms with Crippen LogP contribution in [0.5, 0.6) is 0 Å². The second-order valence-corrected chi connectivity index (χ2v) is 7.28. The Labute approximate surface area is 158 Å². The third kappa shape index (κ3) is 4.72. The molecule has 144 valence electrons. The van der Waals surface area contributed by atoms with Gasteiger partial charge in [-0.25, -0.2) is 4.39 Å². The van der Waals surface area contributed by atoms with Crippen molar-refractivity contribution in [3.8, 4) is 0 Å². The second kappa shape index (κ2) is 7.89. The highest BCUT2D eigenvalue weighted by Crippen LogP contribution is 2.37. The Bertz CT molecular complexity index is 593. The predicted molar refractivity (Wildman–Crippen MR) is 96.5 cm³/mol. The summed E-state index contributed by atoms with van der Waals surface area (Å²) in [7, 11) is 0. The zero-order chi connectivity index (χ0) is 16.8. The first-order valence-corrected chi connectivity index (χ1v) is 8.08. The normalized spacial score (nSPS) is 25.4. The minimum Gasteiger partial charge on any atom is -0.365 e. The highest BCUT2D eigenvalue weighted by atomic mass is 35.5. The van der Waals surface area contributed by atoms with Crippen LogP contribution in [0.4, 0.5) is 23.2 Å². The molecule has 0 radical (unpaired) electrons. The average Bonchev–Trinajstić information content (AvgIpc) is 2.44. The number of piperazine rings is 1. The van der Waals surface area contributed by atoms with Crippen molar-refractivity contribution in [2.75, 3.05) is 11.4 Å². The van der Waals surface area contributed by atoms with Gasteiger partial charge < -0.3 is 10.2 Å². The summed E-state index contributed by atoms with van der Waals surface area (Å²) in [6.07, 6.45) is -0.370. The van der Waals surface area contributed by atoms with Crippen molar-refractivity contribution in [3.63, 3.8) is 0 Å². The van der Waals surface area contributed by atoms with Crippen LogP contribution in [0.2, 0.25) is 0 Å². The molecule has 0 aromatic heterocycles. The maximum atomic E-state index is 14.0. The number of anilines is 1. The summed E-state index contributed by atoms with van der Waals surface area (Å²) in [6, 6.07) is 3.82. The molecule has 25 heavy (non-hydrogen) atoms. The molecular formula is C17H24Cl2F4N2. The molecule has 0 amide bonds. The topological polar surface area (TPSA) is 15.3 Å². The van der Waals surface area contributed by atoms with Gasteiger partial charge in [-0.3, -0.25) is 0 Å². The van der Waals surface area contributed by atoms with E-state index in [4.69, 9.17) is 0 Å². The van der Waals surface area contributed by atoms with Crippen LogP contribution in [-0.2, 0) is 6.18 Å². The smallest absolute Gasteiger partial charge is 0.365 e. The van der Waals surface area contributed by atoms with Gasteiger partial charge in [-0.15, -0.1) is 24.8 Å². The van der Waals surface area contributed by atoms with E-state index in [1.807, 2.05) is 0 Å². The monoisotopic (exact) mass is 402 g/mol. The third-order valence-corrected chi connectivity index (χ3v) is 4.86. The van der Waals surface area contributed by atoms with Crippen LogP contribution in [0.1, 0.15) is 45.1 Å². The van der Waals surface area contributed by atoms with Crippen LogP contribution < -0.4 is 10.2 Å². The number of benzene rings is 1. The van der Waals surface area contributed by atoms with E-state index in [0.29, 0.717) is 18.3 Å².